The van der Waals surface area contributed by atoms with Crippen molar-refractivity contribution in [2.75, 3.05) is 13.7 Å². The monoisotopic (exact) mass is 207 g/mol. The first-order chi connectivity index (χ1) is 7.36. The molecule has 3 heteroatoms. The molecule has 0 saturated carbocycles. The molecule has 1 aromatic carbocycles. The number of ether oxygens (including phenoxy) is 1. The summed E-state index contributed by atoms with van der Waals surface area (Å²) < 4.78 is 5.38. The highest BCUT2D eigenvalue weighted by molar-refractivity contribution is 5.43. The average Bonchev–Trinajstić information content (AvgIpc) is 2.81. The number of aliphatic hydroxyl groups is 1. The second-order valence-corrected chi connectivity index (χ2v) is 3.85. The van der Waals surface area contributed by atoms with Gasteiger partial charge in [-0.05, 0) is 19.4 Å². The molecule has 1 heterocycles. The van der Waals surface area contributed by atoms with E-state index in [1.54, 1.807) is 7.11 Å². The van der Waals surface area contributed by atoms with Crippen LogP contribution in [0.3, 0.4) is 0 Å². The van der Waals surface area contributed by atoms with E-state index in [4.69, 9.17) is 4.74 Å². The van der Waals surface area contributed by atoms with Crippen molar-refractivity contribution in [3.05, 3.63) is 29.3 Å². The minimum Gasteiger partial charge on any atom is -0.496 e. The van der Waals surface area contributed by atoms with Gasteiger partial charge in [-0.15, -0.1) is 0 Å². The highest BCUT2D eigenvalue weighted by Crippen LogP contribution is 2.33. The zero-order valence-corrected chi connectivity index (χ0v) is 8.99. The van der Waals surface area contributed by atoms with E-state index in [-0.39, 0.29) is 6.61 Å². The normalized spacial score (nSPS) is 20.5. The van der Waals surface area contributed by atoms with Gasteiger partial charge in [0.05, 0.1) is 13.7 Å². The Kier molecular flexibility index (Phi) is 3.23. The van der Waals surface area contributed by atoms with Crippen molar-refractivity contribution in [3.8, 4) is 5.75 Å². The molecule has 1 aliphatic heterocycles. The van der Waals surface area contributed by atoms with Gasteiger partial charge in [0, 0.05) is 17.2 Å². The van der Waals surface area contributed by atoms with E-state index >= 15 is 0 Å². The lowest BCUT2D eigenvalue weighted by molar-refractivity contribution is 0.273. The average molecular weight is 207 g/mol. The fraction of sp³-hybridized carbons (Fsp3) is 0.500. The number of para-hydroxylation sites is 1. The standard InChI is InChI=1S/C12H17NO2/c1-15-12-9(8-14)4-2-5-10(12)11-6-3-7-13-11/h2,4-5,11,13-14H,3,6-8H2,1H3. The Bertz CT molecular complexity index is 332. The van der Waals surface area contributed by atoms with Crippen molar-refractivity contribution in [1.29, 1.82) is 0 Å². The summed E-state index contributed by atoms with van der Waals surface area (Å²) in [4.78, 5) is 0. The summed E-state index contributed by atoms with van der Waals surface area (Å²) in [6.45, 7) is 1.10. The Hall–Kier alpha value is -1.06. The smallest absolute Gasteiger partial charge is 0.129 e. The van der Waals surface area contributed by atoms with Crippen LogP contribution in [0.1, 0.15) is 30.0 Å². The Balaban J connectivity index is 2.36. The number of hydrogen-bond acceptors (Lipinski definition) is 3. The molecule has 82 valence electrons. The topological polar surface area (TPSA) is 41.5 Å². The minimum absolute atomic E-state index is 0.0315. The van der Waals surface area contributed by atoms with Crippen molar-refractivity contribution < 1.29 is 9.84 Å². The quantitative estimate of drug-likeness (QED) is 0.791. The number of hydrogen-bond donors (Lipinski definition) is 2. The van der Waals surface area contributed by atoms with Crippen LogP contribution in [0.15, 0.2) is 18.2 Å². The zero-order valence-electron chi connectivity index (χ0n) is 8.99. The maximum Gasteiger partial charge on any atom is 0.129 e. The molecule has 0 aromatic heterocycles. The molecule has 2 N–H and O–H groups in total. The van der Waals surface area contributed by atoms with Gasteiger partial charge in [-0.25, -0.2) is 0 Å². The highest BCUT2D eigenvalue weighted by Gasteiger charge is 2.20. The molecule has 3 nitrogen and oxygen atoms in total. The molecular weight excluding hydrogens is 190 g/mol. The largest absolute Gasteiger partial charge is 0.496 e. The molecule has 0 spiro atoms. The van der Waals surface area contributed by atoms with Crippen LogP contribution in [0.2, 0.25) is 0 Å². The van der Waals surface area contributed by atoms with Crippen LogP contribution >= 0.6 is 0 Å². The van der Waals surface area contributed by atoms with Crippen molar-refractivity contribution in [1.82, 2.24) is 5.32 Å². The van der Waals surface area contributed by atoms with E-state index in [1.165, 1.54) is 12.0 Å². The van der Waals surface area contributed by atoms with E-state index in [0.717, 1.165) is 24.3 Å². The Morgan fingerprint density at radius 3 is 3.00 bits per heavy atom. The van der Waals surface area contributed by atoms with Crippen molar-refractivity contribution in [3.63, 3.8) is 0 Å². The van der Waals surface area contributed by atoms with E-state index in [2.05, 4.69) is 11.4 Å². The fourth-order valence-electron chi connectivity index (χ4n) is 2.20. The first kappa shape index (κ1) is 10.5. The van der Waals surface area contributed by atoms with Gasteiger partial charge in [-0.2, -0.15) is 0 Å². The molecule has 15 heavy (non-hydrogen) atoms. The lowest BCUT2D eigenvalue weighted by Gasteiger charge is -2.17. The fourth-order valence-corrected chi connectivity index (χ4v) is 2.20. The maximum absolute atomic E-state index is 9.22. The summed E-state index contributed by atoms with van der Waals surface area (Å²) >= 11 is 0. The SMILES string of the molecule is COc1c(CO)cccc1C1CCCN1. The molecule has 2 rings (SSSR count). The number of rotatable bonds is 3. The van der Waals surface area contributed by atoms with E-state index < -0.39 is 0 Å². The van der Waals surface area contributed by atoms with Crippen molar-refractivity contribution in [2.24, 2.45) is 0 Å². The van der Waals surface area contributed by atoms with Gasteiger partial charge < -0.3 is 15.2 Å². The molecule has 1 aliphatic rings. The Labute approximate surface area is 90.1 Å². The Morgan fingerprint density at radius 2 is 2.40 bits per heavy atom. The van der Waals surface area contributed by atoms with Crippen LogP contribution in [-0.2, 0) is 6.61 Å². The minimum atomic E-state index is 0.0315. The predicted molar refractivity (Wildman–Crippen MR) is 58.9 cm³/mol. The molecule has 0 amide bonds. The number of methoxy groups -OCH3 is 1. The van der Waals surface area contributed by atoms with Crippen molar-refractivity contribution >= 4 is 0 Å². The molecule has 0 radical (unpaired) electrons. The maximum atomic E-state index is 9.22. The molecular formula is C12H17NO2. The van der Waals surface area contributed by atoms with E-state index in [1.807, 2.05) is 12.1 Å². The molecule has 1 saturated heterocycles. The van der Waals surface area contributed by atoms with Gasteiger partial charge in [0.2, 0.25) is 0 Å². The third-order valence-electron chi connectivity index (χ3n) is 2.94. The molecule has 1 atom stereocenters. The lowest BCUT2D eigenvalue weighted by atomic mass is 10.0. The van der Waals surface area contributed by atoms with Gasteiger partial charge in [0.1, 0.15) is 5.75 Å². The molecule has 0 bridgehead atoms. The van der Waals surface area contributed by atoms with Gasteiger partial charge in [-0.3, -0.25) is 0 Å². The van der Waals surface area contributed by atoms with Crippen LogP contribution in [0, 0.1) is 0 Å². The van der Waals surface area contributed by atoms with Gasteiger partial charge in [-0.1, -0.05) is 18.2 Å². The van der Waals surface area contributed by atoms with Crippen LogP contribution < -0.4 is 10.1 Å². The van der Waals surface area contributed by atoms with Crippen LogP contribution in [-0.4, -0.2) is 18.8 Å². The third-order valence-corrected chi connectivity index (χ3v) is 2.94. The molecule has 0 aliphatic carbocycles. The lowest BCUT2D eigenvalue weighted by Crippen LogP contribution is -2.14. The summed E-state index contributed by atoms with van der Waals surface area (Å²) in [6.07, 6.45) is 2.35. The summed E-state index contributed by atoms with van der Waals surface area (Å²) in [6, 6.07) is 6.33. The Morgan fingerprint density at radius 1 is 1.53 bits per heavy atom. The van der Waals surface area contributed by atoms with E-state index in [0.29, 0.717) is 6.04 Å². The van der Waals surface area contributed by atoms with Gasteiger partial charge in [0.25, 0.3) is 0 Å². The summed E-state index contributed by atoms with van der Waals surface area (Å²) in [5.41, 5.74) is 2.03. The van der Waals surface area contributed by atoms with Crippen molar-refractivity contribution in [2.45, 2.75) is 25.5 Å². The molecule has 1 unspecified atom stereocenters. The molecule has 1 fully saturated rings. The predicted octanol–water partition coefficient (Wildman–Crippen LogP) is 1.61. The molecule has 1 aromatic rings. The van der Waals surface area contributed by atoms with Gasteiger partial charge in [0.15, 0.2) is 0 Å². The van der Waals surface area contributed by atoms with Crippen LogP contribution in [0.5, 0.6) is 5.75 Å². The highest BCUT2D eigenvalue weighted by atomic mass is 16.5. The number of aliphatic hydroxyl groups excluding tert-OH is 1. The summed E-state index contributed by atoms with van der Waals surface area (Å²) in [7, 11) is 1.66. The number of benzene rings is 1. The summed E-state index contributed by atoms with van der Waals surface area (Å²) in [5.74, 6) is 0.833. The van der Waals surface area contributed by atoms with E-state index in [9.17, 15) is 5.11 Å². The summed E-state index contributed by atoms with van der Waals surface area (Å²) in [5, 5.41) is 12.7. The first-order valence-corrected chi connectivity index (χ1v) is 5.37. The second-order valence-electron chi connectivity index (χ2n) is 3.85. The number of nitrogens with one attached hydrogen (secondary N) is 1. The van der Waals surface area contributed by atoms with Crippen LogP contribution in [0.4, 0.5) is 0 Å². The van der Waals surface area contributed by atoms with Crippen LogP contribution in [0.25, 0.3) is 0 Å². The first-order valence-electron chi connectivity index (χ1n) is 5.37. The second kappa shape index (κ2) is 4.64. The zero-order chi connectivity index (χ0) is 10.7. The van der Waals surface area contributed by atoms with Gasteiger partial charge >= 0.3 is 0 Å². The third kappa shape index (κ3) is 1.98.